The van der Waals surface area contributed by atoms with Crippen LogP contribution < -0.4 is 0 Å². The van der Waals surface area contributed by atoms with Crippen molar-refractivity contribution < 1.29 is 0 Å². The van der Waals surface area contributed by atoms with E-state index in [1.807, 2.05) is 0 Å². The summed E-state index contributed by atoms with van der Waals surface area (Å²) in [5.74, 6) is 5.10. The smallest absolute Gasteiger partial charge is 0.106 e. The van der Waals surface area contributed by atoms with Gasteiger partial charge in [0, 0.05) is 7.74 Å². The minimum Gasteiger partial charge on any atom is -0.129 e. The van der Waals surface area contributed by atoms with Crippen LogP contribution in [0.5, 0.6) is 0 Å². The van der Waals surface area contributed by atoms with Crippen molar-refractivity contribution in [2.45, 2.75) is 87.5 Å². The van der Waals surface area contributed by atoms with Crippen LogP contribution in [-0.4, -0.2) is 22.8 Å². The van der Waals surface area contributed by atoms with Crippen molar-refractivity contribution in [2.24, 2.45) is 35.5 Å². The third-order valence-electron chi connectivity index (χ3n) is 5.27. The van der Waals surface area contributed by atoms with Gasteiger partial charge in [-0.3, -0.25) is 0 Å². The lowest BCUT2D eigenvalue weighted by Crippen LogP contribution is -2.07. The third-order valence-corrected chi connectivity index (χ3v) is 5.27. The second-order valence-corrected chi connectivity index (χ2v) is 9.23. The highest BCUT2D eigenvalue weighted by molar-refractivity contribution is 6.94. The van der Waals surface area contributed by atoms with Gasteiger partial charge in [0.15, 0.2) is 0 Å². The maximum Gasteiger partial charge on any atom is 0.106 e. The monoisotopic (exact) mass is 325 g/mol. The number of rotatable bonds is 7. The van der Waals surface area contributed by atoms with Crippen LogP contribution in [0.3, 0.4) is 0 Å². The zero-order valence-electron chi connectivity index (χ0n) is 17.7. The Morgan fingerprint density at radius 1 is 0.833 bits per heavy atom. The van der Waals surface area contributed by atoms with Crippen LogP contribution in [0.25, 0.3) is 0 Å². The molecular weight excluding hydrogens is 285 g/mol. The molecule has 1 saturated carbocycles. The Labute approximate surface area is 157 Å². The van der Waals surface area contributed by atoms with Gasteiger partial charge in [-0.1, -0.05) is 55.4 Å². The predicted molar refractivity (Wildman–Crippen MR) is 114 cm³/mol. The van der Waals surface area contributed by atoms with E-state index in [0.29, 0.717) is 11.8 Å². The Morgan fingerprint density at radius 2 is 1.25 bits per heavy atom. The molecule has 0 heterocycles. The molecule has 1 aliphatic carbocycles. The first-order chi connectivity index (χ1) is 11.1. The molecule has 5 radical (unpaired) electrons. The number of allylic oxidation sites excluding steroid dienone is 2. The number of hydrogen-bond donors (Lipinski definition) is 0. The predicted octanol–water partition coefficient (Wildman–Crippen LogP) is 5.96. The van der Waals surface area contributed by atoms with Crippen molar-refractivity contribution in [2.75, 3.05) is 0 Å². The third kappa shape index (κ3) is 10.0. The van der Waals surface area contributed by atoms with Crippen LogP contribution in [0.2, 0.25) is 0 Å². The van der Waals surface area contributed by atoms with Gasteiger partial charge in [0.1, 0.15) is 7.85 Å². The van der Waals surface area contributed by atoms with E-state index in [1.165, 1.54) is 19.3 Å². The zero-order valence-corrected chi connectivity index (χ0v) is 17.7. The normalized spacial score (nSPS) is 22.0. The molecule has 1 rings (SSSR count). The van der Waals surface area contributed by atoms with Gasteiger partial charge in [0.25, 0.3) is 0 Å². The molecule has 0 saturated heterocycles. The van der Waals surface area contributed by atoms with Gasteiger partial charge in [-0.25, -0.2) is 0 Å². The van der Waals surface area contributed by atoms with Gasteiger partial charge >= 0.3 is 0 Å². The van der Waals surface area contributed by atoms with Crippen molar-refractivity contribution in [3.05, 3.63) is 10.9 Å². The molecule has 0 spiro atoms. The van der Waals surface area contributed by atoms with Crippen LogP contribution in [0.4, 0.5) is 0 Å². The molecule has 0 N–H and O–H groups in total. The van der Waals surface area contributed by atoms with Crippen LogP contribution in [0, 0.1) is 35.5 Å². The molecular formula is C21H40B3. The molecule has 0 aromatic rings. The summed E-state index contributed by atoms with van der Waals surface area (Å²) >= 11 is 0. The maximum absolute atomic E-state index is 5.95. The summed E-state index contributed by atoms with van der Waals surface area (Å²) in [5.41, 5.74) is 2.06. The molecule has 2 atom stereocenters. The van der Waals surface area contributed by atoms with Gasteiger partial charge < -0.3 is 0 Å². The zero-order chi connectivity index (χ0) is 18.9. The first kappa shape index (κ1) is 23.9. The molecule has 133 valence electrons. The SMILES string of the molecule is CC(C)C1CCC(C(C)C)C1.[B][B]/C(CC(C)C)=C(\[B])CC(C)C. The average Bonchev–Trinajstić information content (AvgIpc) is 2.94. The summed E-state index contributed by atoms with van der Waals surface area (Å²) in [4.78, 5) is 0. The van der Waals surface area contributed by atoms with E-state index in [1.54, 1.807) is 7.17 Å². The fraction of sp³-hybridized carbons (Fsp3) is 0.905. The van der Waals surface area contributed by atoms with Crippen molar-refractivity contribution >= 4 is 22.8 Å². The topological polar surface area (TPSA) is 0 Å². The molecule has 0 aliphatic heterocycles. The summed E-state index contributed by atoms with van der Waals surface area (Å²) in [7, 11) is 13.1. The standard InChI is InChI=1S/C11H22.C10H18B3/c1-8(2)10-5-6-11(7-10)9(3)4;1-7(2)5-9(11)10(13-12)6-8(3)4/h8-11H,5-7H2,1-4H3;7-8H,5-6H2,1-4H3/b;10-9-. The molecule has 0 bridgehead atoms. The van der Waals surface area contributed by atoms with Gasteiger partial charge in [-0.2, -0.15) is 0 Å². The molecule has 0 aromatic carbocycles. The molecule has 0 nitrogen and oxygen atoms in total. The molecule has 1 fully saturated rings. The highest BCUT2D eigenvalue weighted by Crippen LogP contribution is 2.39. The van der Waals surface area contributed by atoms with E-state index in [4.69, 9.17) is 15.6 Å². The molecule has 1 aliphatic rings. The largest absolute Gasteiger partial charge is 0.129 e. The van der Waals surface area contributed by atoms with E-state index in [2.05, 4.69) is 55.4 Å². The van der Waals surface area contributed by atoms with E-state index in [-0.39, 0.29) is 0 Å². The van der Waals surface area contributed by atoms with Crippen molar-refractivity contribution in [1.29, 1.82) is 0 Å². The molecule has 2 unspecified atom stereocenters. The summed E-state index contributed by atoms with van der Waals surface area (Å²) in [6.45, 7) is 18.1. The lowest BCUT2D eigenvalue weighted by Gasteiger charge is -2.16. The Kier molecular flexibility index (Phi) is 12.3. The quantitative estimate of drug-likeness (QED) is 0.507. The first-order valence-corrected chi connectivity index (χ1v) is 10.1. The van der Waals surface area contributed by atoms with Gasteiger partial charge in [0.05, 0.1) is 7.17 Å². The fourth-order valence-electron chi connectivity index (χ4n) is 3.58. The van der Waals surface area contributed by atoms with Gasteiger partial charge in [-0.05, 0) is 67.6 Å². The highest BCUT2D eigenvalue weighted by Gasteiger charge is 2.28. The number of hydrogen-bond acceptors (Lipinski definition) is 0. The Balaban J connectivity index is 0.000000446. The van der Waals surface area contributed by atoms with E-state index < -0.39 is 0 Å². The second-order valence-electron chi connectivity index (χ2n) is 9.23. The van der Waals surface area contributed by atoms with E-state index >= 15 is 0 Å². The summed E-state index contributed by atoms with van der Waals surface area (Å²) in [6, 6.07) is 0. The van der Waals surface area contributed by atoms with Crippen molar-refractivity contribution in [3.63, 3.8) is 0 Å². The molecule has 24 heavy (non-hydrogen) atoms. The maximum atomic E-state index is 5.95. The Morgan fingerprint density at radius 3 is 1.50 bits per heavy atom. The van der Waals surface area contributed by atoms with Crippen LogP contribution in [0.15, 0.2) is 10.9 Å². The van der Waals surface area contributed by atoms with Crippen molar-refractivity contribution in [1.82, 2.24) is 0 Å². The minimum absolute atomic E-state index is 0.599. The molecule has 0 aromatic heterocycles. The lowest BCUT2D eigenvalue weighted by atomic mass is 9.47. The van der Waals surface area contributed by atoms with Crippen LogP contribution >= 0.6 is 0 Å². The van der Waals surface area contributed by atoms with E-state index in [0.717, 1.165) is 47.5 Å². The fourth-order valence-corrected chi connectivity index (χ4v) is 3.58. The minimum atomic E-state index is 0.599. The van der Waals surface area contributed by atoms with E-state index in [9.17, 15) is 0 Å². The average molecular weight is 325 g/mol. The van der Waals surface area contributed by atoms with Gasteiger partial charge in [-0.15, -0.1) is 10.9 Å². The summed E-state index contributed by atoms with van der Waals surface area (Å²) < 4.78 is 0. The molecule has 0 amide bonds. The van der Waals surface area contributed by atoms with Crippen molar-refractivity contribution in [3.8, 4) is 0 Å². The molecule has 3 heteroatoms. The highest BCUT2D eigenvalue weighted by atomic mass is 14.3. The van der Waals surface area contributed by atoms with Crippen LogP contribution in [-0.2, 0) is 0 Å². The second kappa shape index (κ2) is 12.3. The summed E-state index contributed by atoms with van der Waals surface area (Å²) in [6.07, 6.45) is 6.39. The van der Waals surface area contributed by atoms with Gasteiger partial charge in [0.2, 0.25) is 0 Å². The Bertz CT molecular complexity index is 342. The first-order valence-electron chi connectivity index (χ1n) is 10.1. The Hall–Kier alpha value is -0.0652. The summed E-state index contributed by atoms with van der Waals surface area (Å²) in [5, 5.41) is 0. The van der Waals surface area contributed by atoms with Crippen LogP contribution in [0.1, 0.15) is 87.5 Å². The lowest BCUT2D eigenvalue weighted by molar-refractivity contribution is 0.340.